The number of nitrogens with zero attached hydrogens (tertiary/aromatic N) is 3. The molecular formula is C27H36N3O8PSi. The van der Waals surface area contributed by atoms with Gasteiger partial charge in [0.2, 0.25) is 17.4 Å². The highest BCUT2D eigenvalue weighted by Gasteiger charge is 2.65. The number of rotatable bonds is 8. The second-order valence-electron chi connectivity index (χ2n) is 11.7. The minimum Gasteiger partial charge on any atom is -0.477 e. The summed E-state index contributed by atoms with van der Waals surface area (Å²) in [5.41, 5.74) is -0.279. The highest BCUT2D eigenvalue weighted by molar-refractivity contribution is 7.39. The van der Waals surface area contributed by atoms with Crippen molar-refractivity contribution in [1.82, 2.24) is 14.5 Å². The first-order valence-electron chi connectivity index (χ1n) is 13.3. The van der Waals surface area contributed by atoms with Gasteiger partial charge in [-0.25, -0.2) is 9.97 Å². The number of aliphatic hydroxyl groups is 1. The molecule has 2 aromatic heterocycles. The second-order valence-corrected chi connectivity index (χ2v) is 17.2. The molecule has 4 heterocycles. The summed E-state index contributed by atoms with van der Waals surface area (Å²) in [6.45, 7) is 10.2. The Morgan fingerprint density at radius 1 is 1.23 bits per heavy atom. The minimum absolute atomic E-state index is 0.284. The van der Waals surface area contributed by atoms with E-state index in [0.29, 0.717) is 35.5 Å². The predicted molar refractivity (Wildman–Crippen MR) is 150 cm³/mol. The Hall–Kier alpha value is -2.28. The van der Waals surface area contributed by atoms with Gasteiger partial charge in [-0.3, -0.25) is 9.36 Å². The van der Waals surface area contributed by atoms with E-state index in [0.717, 1.165) is 12.0 Å². The molecule has 0 unspecified atom stereocenters. The van der Waals surface area contributed by atoms with Crippen molar-refractivity contribution in [3.8, 4) is 5.88 Å². The minimum atomic E-state index is -2.88. The van der Waals surface area contributed by atoms with Crippen molar-refractivity contribution in [3.05, 3.63) is 54.0 Å². The number of aromatic nitrogens is 3. The highest BCUT2D eigenvalue weighted by atomic mass is 31.2. The Morgan fingerprint density at radius 2 is 1.95 bits per heavy atom. The smallest absolute Gasteiger partial charge is 0.327 e. The number of hydrogen-bond acceptors (Lipinski definition) is 10. The summed E-state index contributed by atoms with van der Waals surface area (Å²) in [4.78, 5) is 43.6. The average Bonchev–Trinajstić information content (AvgIpc) is 3.33. The van der Waals surface area contributed by atoms with E-state index in [1.807, 2.05) is 25.4 Å². The van der Waals surface area contributed by atoms with Crippen LogP contribution in [0.1, 0.15) is 43.1 Å². The maximum Gasteiger partial charge on any atom is 0.327 e. The van der Waals surface area contributed by atoms with Crippen molar-refractivity contribution in [2.75, 3.05) is 13.2 Å². The zero-order valence-electron chi connectivity index (χ0n) is 23.3. The Morgan fingerprint density at radius 3 is 2.60 bits per heavy atom. The van der Waals surface area contributed by atoms with Gasteiger partial charge < -0.3 is 33.3 Å². The molecule has 0 bridgehead atoms. The fourth-order valence-electron chi connectivity index (χ4n) is 5.17. The van der Waals surface area contributed by atoms with Crippen molar-refractivity contribution in [3.63, 3.8) is 0 Å². The van der Waals surface area contributed by atoms with E-state index in [9.17, 15) is 19.7 Å². The standard InChI is InChI=1S/C27H36N3O8PSi/c1-26(2,3)40(4,5)38-23-21(37-39(33)34)19(15-31)36-27(23,22(32)17-10-7-6-8-11-17)30-14-18-12-9-13-35-25-20(18)24(30)28-16-29-25/h6-8,10-11,14,16,19,21,23,31,33-34H,9,12-13,15H2,1-5H3/t19-,21-,23-,27-/m1/s1. The zero-order valence-corrected chi connectivity index (χ0v) is 25.2. The SMILES string of the molecule is CC(C)(C)[Si](C)(C)O[C@@H]1[C@H](OP(O)O)[C@@H](CO)O[C@@]1(C(=O)c1ccccc1)n1cc2c3c(ncnc31)OCCC2. The molecule has 0 radical (unpaired) electrons. The average molecular weight is 590 g/mol. The largest absolute Gasteiger partial charge is 0.477 e. The van der Waals surface area contributed by atoms with Crippen LogP contribution in [0.4, 0.5) is 0 Å². The lowest BCUT2D eigenvalue weighted by atomic mass is 9.93. The molecule has 1 fully saturated rings. The number of Topliss-reactive ketones (excluding diaryl/α,β-unsaturated/α-hetero) is 1. The van der Waals surface area contributed by atoms with E-state index in [-0.39, 0.29) is 5.04 Å². The molecule has 1 aromatic carbocycles. The van der Waals surface area contributed by atoms with Crippen LogP contribution in [0.25, 0.3) is 11.0 Å². The summed E-state index contributed by atoms with van der Waals surface area (Å²) < 4.78 is 26.7. The molecule has 4 atom stereocenters. The molecule has 1 saturated heterocycles. The van der Waals surface area contributed by atoms with Crippen molar-refractivity contribution in [2.45, 2.75) is 75.8 Å². The number of carbonyl (C=O) groups is 1. The maximum absolute atomic E-state index is 14.8. The number of aliphatic hydroxyl groups excluding tert-OH is 1. The van der Waals surface area contributed by atoms with Gasteiger partial charge in [0.05, 0.1) is 18.6 Å². The Kier molecular flexibility index (Phi) is 7.92. The van der Waals surface area contributed by atoms with Crippen molar-refractivity contribution < 1.29 is 38.1 Å². The number of ketones is 1. The van der Waals surface area contributed by atoms with Crippen molar-refractivity contribution in [2.24, 2.45) is 0 Å². The topological polar surface area (TPSA) is 145 Å². The van der Waals surface area contributed by atoms with Gasteiger partial charge in [0.1, 0.15) is 30.3 Å². The van der Waals surface area contributed by atoms with Gasteiger partial charge in [-0.1, -0.05) is 51.1 Å². The van der Waals surface area contributed by atoms with Crippen molar-refractivity contribution in [1.29, 1.82) is 0 Å². The third-order valence-corrected chi connectivity index (χ3v) is 13.1. The van der Waals surface area contributed by atoms with Crippen LogP contribution >= 0.6 is 8.60 Å². The molecule has 0 spiro atoms. The lowest BCUT2D eigenvalue weighted by molar-refractivity contribution is -0.110. The van der Waals surface area contributed by atoms with E-state index in [4.69, 9.17) is 18.4 Å². The van der Waals surface area contributed by atoms with Gasteiger partial charge in [0.15, 0.2) is 8.32 Å². The van der Waals surface area contributed by atoms with Crippen LogP contribution in [0.2, 0.25) is 18.1 Å². The summed E-state index contributed by atoms with van der Waals surface area (Å²) in [5.74, 6) is -0.0256. The molecule has 2 aliphatic rings. The number of carbonyl (C=O) groups excluding carboxylic acids is 1. The molecule has 40 heavy (non-hydrogen) atoms. The fraction of sp³-hybridized carbons (Fsp3) is 0.519. The van der Waals surface area contributed by atoms with E-state index in [2.05, 4.69) is 30.7 Å². The number of hydrogen-bond donors (Lipinski definition) is 3. The Bertz CT molecular complexity index is 1380. The van der Waals surface area contributed by atoms with Crippen LogP contribution in [0.15, 0.2) is 42.9 Å². The zero-order chi connectivity index (χ0) is 28.9. The first kappa shape index (κ1) is 29.2. The lowest BCUT2D eigenvalue weighted by Crippen LogP contribution is -2.58. The quantitative estimate of drug-likeness (QED) is 0.202. The van der Waals surface area contributed by atoms with Crippen LogP contribution in [0.5, 0.6) is 5.88 Å². The van der Waals surface area contributed by atoms with E-state index < -0.39 is 53.3 Å². The van der Waals surface area contributed by atoms with E-state index in [1.54, 1.807) is 28.8 Å². The van der Waals surface area contributed by atoms with Crippen LogP contribution in [0.3, 0.4) is 0 Å². The van der Waals surface area contributed by atoms with Gasteiger partial charge in [0, 0.05) is 11.8 Å². The Balaban J connectivity index is 1.82. The summed E-state index contributed by atoms with van der Waals surface area (Å²) in [6.07, 6.45) is 1.13. The van der Waals surface area contributed by atoms with Gasteiger partial charge >= 0.3 is 8.60 Å². The summed E-state index contributed by atoms with van der Waals surface area (Å²) in [6, 6.07) is 8.68. The van der Waals surface area contributed by atoms with Gasteiger partial charge in [0.25, 0.3) is 0 Å². The molecule has 0 amide bonds. The van der Waals surface area contributed by atoms with E-state index in [1.165, 1.54) is 6.33 Å². The predicted octanol–water partition coefficient (Wildman–Crippen LogP) is 3.67. The summed E-state index contributed by atoms with van der Waals surface area (Å²) in [7, 11) is -5.55. The number of benzene rings is 1. The normalized spacial score (nSPS) is 25.3. The van der Waals surface area contributed by atoms with Crippen LogP contribution in [-0.4, -0.2) is 75.1 Å². The van der Waals surface area contributed by atoms with Crippen molar-refractivity contribution >= 4 is 33.7 Å². The van der Waals surface area contributed by atoms with Gasteiger partial charge in [-0.05, 0) is 36.5 Å². The van der Waals surface area contributed by atoms with E-state index >= 15 is 0 Å². The summed E-state index contributed by atoms with van der Waals surface area (Å²) in [5, 5.41) is 10.8. The van der Waals surface area contributed by atoms with Crippen LogP contribution in [0, 0.1) is 0 Å². The van der Waals surface area contributed by atoms with Crippen LogP contribution < -0.4 is 4.74 Å². The third kappa shape index (κ3) is 4.90. The van der Waals surface area contributed by atoms with Gasteiger partial charge in [-0.15, -0.1) is 0 Å². The number of ether oxygens (including phenoxy) is 2. The van der Waals surface area contributed by atoms with Crippen LogP contribution in [-0.2, 0) is 25.8 Å². The molecule has 13 heteroatoms. The fourth-order valence-corrected chi connectivity index (χ4v) is 6.91. The van der Waals surface area contributed by atoms with Gasteiger partial charge in [-0.2, -0.15) is 0 Å². The molecule has 0 saturated carbocycles. The molecule has 5 rings (SSSR count). The maximum atomic E-state index is 14.8. The first-order valence-corrected chi connectivity index (χ1v) is 17.4. The first-order chi connectivity index (χ1) is 18.9. The highest BCUT2D eigenvalue weighted by Crippen LogP contribution is 2.50. The molecule has 3 aromatic rings. The second kappa shape index (κ2) is 10.8. The molecule has 2 aliphatic heterocycles. The third-order valence-electron chi connectivity index (χ3n) is 8.18. The number of aryl methyl sites for hydroxylation is 1. The summed E-state index contributed by atoms with van der Waals surface area (Å²) >= 11 is 0. The molecule has 11 nitrogen and oxygen atoms in total. The molecule has 0 aliphatic carbocycles. The monoisotopic (exact) mass is 589 g/mol. The lowest BCUT2D eigenvalue weighted by Gasteiger charge is -2.44. The molecular weight excluding hydrogens is 553 g/mol. The molecule has 216 valence electrons. The molecule has 3 N–H and O–H groups in total. The Labute approximate surface area is 235 Å².